The minimum Gasteiger partial charge on any atom is -0.478 e. The number of alkyl carbamates (subject to hydrolysis) is 1. The van der Waals surface area contributed by atoms with Crippen molar-refractivity contribution in [3.05, 3.63) is 59.2 Å². The first-order chi connectivity index (χ1) is 15.1. The van der Waals surface area contributed by atoms with Gasteiger partial charge in [0, 0.05) is 10.6 Å². The topological polar surface area (TPSA) is 95.9 Å². The lowest BCUT2D eigenvalue weighted by Crippen LogP contribution is -2.50. The number of rotatable bonds is 5. The third kappa shape index (κ3) is 5.82. The summed E-state index contributed by atoms with van der Waals surface area (Å²) < 4.78 is 5.33. The van der Waals surface area contributed by atoms with Crippen LogP contribution < -0.4 is 10.2 Å². The van der Waals surface area contributed by atoms with Crippen LogP contribution in [0.3, 0.4) is 0 Å². The molecule has 1 heterocycles. The summed E-state index contributed by atoms with van der Waals surface area (Å²) in [7, 11) is 0. The van der Waals surface area contributed by atoms with E-state index in [1.165, 1.54) is 29.5 Å². The van der Waals surface area contributed by atoms with Gasteiger partial charge in [0.25, 0.3) is 5.91 Å². The van der Waals surface area contributed by atoms with E-state index in [4.69, 9.17) is 4.74 Å². The van der Waals surface area contributed by atoms with Gasteiger partial charge in [-0.25, -0.2) is 9.59 Å². The molecule has 1 aliphatic rings. The maximum atomic E-state index is 13.5. The van der Waals surface area contributed by atoms with Crippen LogP contribution in [0.15, 0.2) is 47.4 Å². The van der Waals surface area contributed by atoms with E-state index in [1.807, 2.05) is 24.3 Å². The number of thioether (sulfide) groups is 1. The zero-order chi connectivity index (χ0) is 23.5. The molecule has 0 saturated carbocycles. The monoisotopic (exact) mass is 456 g/mol. The summed E-state index contributed by atoms with van der Waals surface area (Å²) in [6.07, 6.45) is 0.243. The van der Waals surface area contributed by atoms with E-state index in [1.54, 1.807) is 31.7 Å². The van der Waals surface area contributed by atoms with Crippen LogP contribution >= 0.6 is 11.8 Å². The van der Waals surface area contributed by atoms with Gasteiger partial charge in [0.05, 0.1) is 17.8 Å². The molecule has 0 spiro atoms. The van der Waals surface area contributed by atoms with Crippen LogP contribution in [-0.4, -0.2) is 40.5 Å². The number of aryl methyl sites for hydroxylation is 1. The number of hydrogen-bond acceptors (Lipinski definition) is 5. The summed E-state index contributed by atoms with van der Waals surface area (Å²) in [6, 6.07) is 11.9. The maximum Gasteiger partial charge on any atom is 0.408 e. The Labute approximate surface area is 192 Å². The summed E-state index contributed by atoms with van der Waals surface area (Å²) in [4.78, 5) is 39.7. The van der Waals surface area contributed by atoms with E-state index in [9.17, 15) is 19.5 Å². The Kier molecular flexibility index (Phi) is 7.13. The quantitative estimate of drug-likeness (QED) is 0.689. The van der Waals surface area contributed by atoms with Gasteiger partial charge >= 0.3 is 12.1 Å². The zero-order valence-corrected chi connectivity index (χ0v) is 19.5. The number of fused-ring (bicyclic) bond motifs is 1. The number of anilines is 1. The van der Waals surface area contributed by atoms with Crippen molar-refractivity contribution in [3.63, 3.8) is 0 Å². The van der Waals surface area contributed by atoms with Gasteiger partial charge in [0.1, 0.15) is 11.6 Å². The van der Waals surface area contributed by atoms with Crippen LogP contribution in [0.5, 0.6) is 0 Å². The highest BCUT2D eigenvalue weighted by Crippen LogP contribution is 2.36. The fraction of sp³-hybridized carbons (Fsp3) is 0.375. The van der Waals surface area contributed by atoms with Crippen LogP contribution in [0.25, 0.3) is 0 Å². The van der Waals surface area contributed by atoms with Gasteiger partial charge in [-0.15, -0.1) is 11.8 Å². The van der Waals surface area contributed by atoms with Crippen LogP contribution in [-0.2, 0) is 22.5 Å². The molecule has 3 rings (SSSR count). The van der Waals surface area contributed by atoms with Crippen molar-refractivity contribution in [2.45, 2.75) is 57.2 Å². The number of carbonyl (C=O) groups is 3. The molecule has 0 radical (unpaired) electrons. The van der Waals surface area contributed by atoms with Gasteiger partial charge in [-0.3, -0.25) is 4.79 Å². The van der Waals surface area contributed by atoms with E-state index >= 15 is 0 Å². The number of nitrogens with zero attached hydrogens (tertiary/aromatic N) is 1. The van der Waals surface area contributed by atoms with Gasteiger partial charge in [-0.1, -0.05) is 31.2 Å². The highest BCUT2D eigenvalue weighted by molar-refractivity contribution is 7.99. The molecule has 0 saturated heterocycles. The average Bonchev–Trinajstić information content (AvgIpc) is 2.84. The lowest BCUT2D eigenvalue weighted by atomic mass is 10.1. The van der Waals surface area contributed by atoms with Crippen LogP contribution in [0.2, 0.25) is 0 Å². The third-order valence-corrected chi connectivity index (χ3v) is 6.09. The van der Waals surface area contributed by atoms with Crippen molar-refractivity contribution >= 4 is 35.4 Å². The summed E-state index contributed by atoms with van der Waals surface area (Å²) >= 11 is 1.40. The molecule has 32 heavy (non-hydrogen) atoms. The van der Waals surface area contributed by atoms with Gasteiger partial charge in [0.15, 0.2) is 0 Å². The summed E-state index contributed by atoms with van der Waals surface area (Å²) in [5.41, 5.74) is 2.02. The fourth-order valence-electron chi connectivity index (χ4n) is 3.31. The summed E-state index contributed by atoms with van der Waals surface area (Å²) in [6.45, 7) is 7.59. The predicted octanol–water partition coefficient (Wildman–Crippen LogP) is 4.48. The fourth-order valence-corrected chi connectivity index (χ4v) is 4.37. The molecule has 170 valence electrons. The molecule has 7 nitrogen and oxygen atoms in total. The van der Waals surface area contributed by atoms with Crippen molar-refractivity contribution in [1.29, 1.82) is 0 Å². The Morgan fingerprint density at radius 1 is 1.16 bits per heavy atom. The zero-order valence-electron chi connectivity index (χ0n) is 18.7. The minimum atomic E-state index is -1.06. The SMILES string of the molecule is CCc1ccc(CN2C(=O)[C@@H](NC(=O)OC(C)(C)C)CSc3ccc(C(=O)O)cc32)cc1. The first-order valence-electron chi connectivity index (χ1n) is 10.5. The Hall–Kier alpha value is -3.00. The number of amides is 2. The molecular formula is C24H28N2O5S. The average molecular weight is 457 g/mol. The van der Waals surface area contributed by atoms with Crippen molar-refractivity contribution in [1.82, 2.24) is 5.32 Å². The van der Waals surface area contributed by atoms with Gasteiger partial charge in [0.2, 0.25) is 0 Å². The Morgan fingerprint density at radius 3 is 2.41 bits per heavy atom. The molecule has 2 N–H and O–H groups in total. The molecule has 0 bridgehead atoms. The second-order valence-corrected chi connectivity index (χ2v) is 9.65. The molecule has 2 aromatic carbocycles. The van der Waals surface area contributed by atoms with Crippen molar-refractivity contribution in [2.24, 2.45) is 0 Å². The minimum absolute atomic E-state index is 0.0991. The highest BCUT2D eigenvalue weighted by atomic mass is 32.2. The van der Waals surface area contributed by atoms with Crippen LogP contribution in [0.4, 0.5) is 10.5 Å². The number of nitrogens with one attached hydrogen (secondary N) is 1. The molecule has 2 amide bonds. The van der Waals surface area contributed by atoms with E-state index in [-0.39, 0.29) is 18.0 Å². The molecule has 8 heteroatoms. The number of benzene rings is 2. The van der Waals surface area contributed by atoms with Crippen molar-refractivity contribution < 1.29 is 24.2 Å². The number of aromatic carboxylic acids is 1. The lowest BCUT2D eigenvalue weighted by Gasteiger charge is -2.27. The van der Waals surface area contributed by atoms with E-state index in [0.29, 0.717) is 11.4 Å². The molecule has 0 unspecified atom stereocenters. The number of carbonyl (C=O) groups excluding carboxylic acids is 2. The molecule has 0 aliphatic carbocycles. The van der Waals surface area contributed by atoms with Crippen molar-refractivity contribution in [2.75, 3.05) is 10.7 Å². The molecule has 2 aromatic rings. The van der Waals surface area contributed by atoms with Gasteiger partial charge in [-0.05, 0) is 56.5 Å². The van der Waals surface area contributed by atoms with Crippen molar-refractivity contribution in [3.8, 4) is 0 Å². The first-order valence-corrected chi connectivity index (χ1v) is 11.4. The Morgan fingerprint density at radius 2 is 1.81 bits per heavy atom. The Bertz CT molecular complexity index is 1010. The number of carboxylic acid groups (broad SMARTS) is 1. The lowest BCUT2D eigenvalue weighted by molar-refractivity contribution is -0.120. The van der Waals surface area contributed by atoms with E-state index < -0.39 is 23.7 Å². The summed E-state index contributed by atoms with van der Waals surface area (Å²) in [5.74, 6) is -1.07. The van der Waals surface area contributed by atoms with E-state index in [0.717, 1.165) is 16.9 Å². The molecular weight excluding hydrogens is 428 g/mol. The second kappa shape index (κ2) is 9.65. The number of hydrogen-bond donors (Lipinski definition) is 2. The smallest absolute Gasteiger partial charge is 0.408 e. The standard InChI is InChI=1S/C24H28N2O5S/c1-5-15-6-8-16(9-7-15)13-26-19-12-17(22(28)29)10-11-20(19)32-14-18(21(26)27)25-23(30)31-24(2,3)4/h6-12,18H,5,13-14H2,1-4H3,(H,25,30)(H,28,29)/t18-/m0/s1. The second-order valence-electron chi connectivity index (χ2n) is 8.59. The summed E-state index contributed by atoms with van der Waals surface area (Å²) in [5, 5.41) is 12.1. The third-order valence-electron chi connectivity index (χ3n) is 4.93. The van der Waals surface area contributed by atoms with Gasteiger partial charge < -0.3 is 20.1 Å². The predicted molar refractivity (Wildman–Crippen MR) is 124 cm³/mol. The first kappa shape index (κ1) is 23.7. The highest BCUT2D eigenvalue weighted by Gasteiger charge is 2.33. The number of carboxylic acids is 1. The normalized spacial score (nSPS) is 16.2. The van der Waals surface area contributed by atoms with Gasteiger partial charge in [-0.2, -0.15) is 0 Å². The maximum absolute atomic E-state index is 13.5. The number of ether oxygens (including phenoxy) is 1. The largest absolute Gasteiger partial charge is 0.478 e. The molecule has 0 fully saturated rings. The Balaban J connectivity index is 1.95. The van der Waals surface area contributed by atoms with Crippen LogP contribution in [0, 0.1) is 0 Å². The molecule has 1 aliphatic heterocycles. The molecule has 1 atom stereocenters. The van der Waals surface area contributed by atoms with E-state index in [2.05, 4.69) is 12.2 Å². The van der Waals surface area contributed by atoms with Crippen LogP contribution in [0.1, 0.15) is 49.2 Å². The molecule has 0 aromatic heterocycles.